The SMILES string of the molecule is COc1ccc(CN(C(=O)[C@@H](N)Cc2c(C)cc(C(N)=O)cc2C)[C@@H](C)c2nc(-c3ccccc3)c[nH]2)cc1C(=O)O.Cl. The normalized spacial score (nSPS) is 12.1. The number of H-pyrrole nitrogens is 1. The van der Waals surface area contributed by atoms with Crippen molar-refractivity contribution in [3.8, 4) is 17.0 Å². The summed E-state index contributed by atoms with van der Waals surface area (Å²) in [5.74, 6) is -1.23. The smallest absolute Gasteiger partial charge is 0.339 e. The van der Waals surface area contributed by atoms with Crippen molar-refractivity contribution >= 4 is 30.2 Å². The molecule has 0 saturated heterocycles. The Balaban J connectivity index is 0.00000506. The number of amides is 2. The number of ether oxygens (including phenoxy) is 1. The molecule has 4 rings (SSSR count). The summed E-state index contributed by atoms with van der Waals surface area (Å²) in [6.07, 6.45) is 2.02. The summed E-state index contributed by atoms with van der Waals surface area (Å²) in [7, 11) is 1.40. The van der Waals surface area contributed by atoms with Crippen LogP contribution < -0.4 is 16.2 Å². The summed E-state index contributed by atoms with van der Waals surface area (Å²) in [5.41, 5.74) is 17.1. The van der Waals surface area contributed by atoms with Crippen molar-refractivity contribution in [3.05, 3.63) is 106 Å². The molecule has 43 heavy (non-hydrogen) atoms. The van der Waals surface area contributed by atoms with E-state index in [0.29, 0.717) is 17.0 Å². The van der Waals surface area contributed by atoms with E-state index in [0.717, 1.165) is 27.9 Å². The second-order valence-electron chi connectivity index (χ2n) is 10.3. The largest absolute Gasteiger partial charge is 0.496 e. The number of aromatic nitrogens is 2. The molecular weight excluding hydrogens is 570 g/mol. The van der Waals surface area contributed by atoms with Gasteiger partial charge in [-0.2, -0.15) is 0 Å². The third-order valence-corrected chi connectivity index (χ3v) is 7.38. The fourth-order valence-corrected chi connectivity index (χ4v) is 5.06. The van der Waals surface area contributed by atoms with Gasteiger partial charge < -0.3 is 31.2 Å². The van der Waals surface area contributed by atoms with Gasteiger partial charge in [-0.05, 0) is 73.7 Å². The molecule has 0 saturated carbocycles. The zero-order valence-corrected chi connectivity index (χ0v) is 25.3. The highest BCUT2D eigenvalue weighted by molar-refractivity contribution is 5.93. The highest BCUT2D eigenvalue weighted by Gasteiger charge is 2.29. The van der Waals surface area contributed by atoms with Crippen LogP contribution in [0.5, 0.6) is 5.75 Å². The van der Waals surface area contributed by atoms with Crippen molar-refractivity contribution in [1.82, 2.24) is 14.9 Å². The molecule has 10 nitrogen and oxygen atoms in total. The molecule has 11 heteroatoms. The van der Waals surface area contributed by atoms with Gasteiger partial charge in [-0.3, -0.25) is 9.59 Å². The van der Waals surface area contributed by atoms with Crippen LogP contribution in [-0.2, 0) is 17.8 Å². The van der Waals surface area contributed by atoms with Crippen LogP contribution in [-0.4, -0.2) is 50.9 Å². The van der Waals surface area contributed by atoms with Crippen molar-refractivity contribution in [1.29, 1.82) is 0 Å². The molecule has 2 amide bonds. The van der Waals surface area contributed by atoms with Crippen LogP contribution in [0.1, 0.15) is 61.8 Å². The predicted octanol–water partition coefficient (Wildman–Crippen LogP) is 4.58. The minimum atomic E-state index is -1.14. The number of methoxy groups -OCH3 is 1. The van der Waals surface area contributed by atoms with Crippen LogP contribution in [0.4, 0.5) is 0 Å². The summed E-state index contributed by atoms with van der Waals surface area (Å²) in [6.45, 7) is 5.63. The highest BCUT2D eigenvalue weighted by atomic mass is 35.5. The van der Waals surface area contributed by atoms with E-state index in [1.807, 2.05) is 51.1 Å². The molecule has 0 bridgehead atoms. The Morgan fingerprint density at radius 3 is 2.28 bits per heavy atom. The maximum absolute atomic E-state index is 14.0. The second-order valence-corrected chi connectivity index (χ2v) is 10.3. The quantitative estimate of drug-likeness (QED) is 0.194. The van der Waals surface area contributed by atoms with E-state index < -0.39 is 24.0 Å². The molecule has 1 heterocycles. The lowest BCUT2D eigenvalue weighted by molar-refractivity contribution is -0.135. The maximum Gasteiger partial charge on any atom is 0.339 e. The first-order valence-electron chi connectivity index (χ1n) is 13.5. The lowest BCUT2D eigenvalue weighted by Crippen LogP contribution is -2.46. The maximum atomic E-state index is 14.0. The first-order valence-corrected chi connectivity index (χ1v) is 13.5. The third-order valence-electron chi connectivity index (χ3n) is 7.38. The number of carbonyl (C=O) groups is 3. The summed E-state index contributed by atoms with van der Waals surface area (Å²) < 4.78 is 5.20. The third kappa shape index (κ3) is 7.40. The van der Waals surface area contributed by atoms with Crippen LogP contribution in [0.25, 0.3) is 11.3 Å². The van der Waals surface area contributed by atoms with Gasteiger partial charge in [-0.15, -0.1) is 12.4 Å². The summed E-state index contributed by atoms with van der Waals surface area (Å²) in [6, 6.07) is 16.4. The number of carboxylic acids is 1. The van der Waals surface area contributed by atoms with E-state index in [9.17, 15) is 19.5 Å². The van der Waals surface area contributed by atoms with E-state index in [-0.39, 0.29) is 42.6 Å². The standard InChI is InChI=1S/C32H35N5O5.ClH/c1-18-12-23(29(34)38)13-19(2)24(18)15-26(33)31(39)37(17-21-10-11-28(42-4)25(14-21)32(40)41)20(3)30-35-16-27(36-30)22-8-6-5-7-9-22;/h5-14,16,20,26H,15,17,33H2,1-4H3,(H2,34,38)(H,35,36)(H,40,41);1H/t20-,26-;/m0./s1. The fraction of sp³-hybridized carbons (Fsp3) is 0.250. The Morgan fingerprint density at radius 2 is 1.70 bits per heavy atom. The molecule has 0 radical (unpaired) electrons. The van der Waals surface area contributed by atoms with E-state index in [1.54, 1.807) is 35.4 Å². The van der Waals surface area contributed by atoms with Gasteiger partial charge in [0.05, 0.1) is 24.9 Å². The molecule has 0 spiro atoms. The lowest BCUT2D eigenvalue weighted by Gasteiger charge is -2.31. The fourth-order valence-electron chi connectivity index (χ4n) is 5.06. The summed E-state index contributed by atoms with van der Waals surface area (Å²) >= 11 is 0. The molecule has 226 valence electrons. The van der Waals surface area contributed by atoms with Gasteiger partial charge >= 0.3 is 5.97 Å². The Bertz CT molecular complexity index is 1600. The van der Waals surface area contributed by atoms with Crippen LogP contribution in [0, 0.1) is 13.8 Å². The summed E-state index contributed by atoms with van der Waals surface area (Å²) in [5, 5.41) is 9.70. The zero-order valence-electron chi connectivity index (χ0n) is 24.5. The van der Waals surface area contributed by atoms with Crippen LogP contribution >= 0.6 is 12.4 Å². The molecule has 1 aromatic heterocycles. The molecular formula is C32H36ClN5O5. The van der Waals surface area contributed by atoms with Gasteiger partial charge in [0, 0.05) is 23.9 Å². The number of nitrogens with two attached hydrogens (primary N) is 2. The van der Waals surface area contributed by atoms with Gasteiger partial charge in [-0.25, -0.2) is 9.78 Å². The van der Waals surface area contributed by atoms with Gasteiger partial charge in [-0.1, -0.05) is 36.4 Å². The molecule has 4 aromatic rings. The van der Waals surface area contributed by atoms with Gasteiger partial charge in [0.15, 0.2) is 0 Å². The number of carboxylic acid groups (broad SMARTS) is 1. The monoisotopic (exact) mass is 605 g/mol. The average Bonchev–Trinajstić information content (AvgIpc) is 3.47. The molecule has 0 aliphatic heterocycles. The van der Waals surface area contributed by atoms with Gasteiger partial charge in [0.1, 0.15) is 17.1 Å². The van der Waals surface area contributed by atoms with Gasteiger partial charge in [0.25, 0.3) is 0 Å². The minimum Gasteiger partial charge on any atom is -0.496 e. The van der Waals surface area contributed by atoms with Crippen molar-refractivity contribution in [3.63, 3.8) is 0 Å². The Hall–Kier alpha value is -4.67. The van der Waals surface area contributed by atoms with E-state index in [4.69, 9.17) is 21.2 Å². The molecule has 0 aliphatic rings. The van der Waals surface area contributed by atoms with Crippen molar-refractivity contribution in [2.75, 3.05) is 7.11 Å². The Kier molecular flexibility index (Phi) is 10.7. The van der Waals surface area contributed by atoms with Crippen LogP contribution in [0.15, 0.2) is 66.9 Å². The molecule has 3 aromatic carbocycles. The molecule has 0 fully saturated rings. The van der Waals surface area contributed by atoms with E-state index >= 15 is 0 Å². The second kappa shape index (κ2) is 14.0. The molecule has 2 atom stereocenters. The topological polar surface area (TPSA) is 165 Å². The number of rotatable bonds is 11. The Morgan fingerprint density at radius 1 is 1.05 bits per heavy atom. The number of hydrogen-bond donors (Lipinski definition) is 4. The number of aromatic carboxylic acids is 1. The Labute approximate surface area is 256 Å². The average molecular weight is 606 g/mol. The zero-order chi connectivity index (χ0) is 30.6. The van der Waals surface area contributed by atoms with Crippen molar-refractivity contribution in [2.45, 2.75) is 45.8 Å². The van der Waals surface area contributed by atoms with Crippen molar-refractivity contribution < 1.29 is 24.2 Å². The number of benzene rings is 3. The minimum absolute atomic E-state index is 0. The van der Waals surface area contributed by atoms with Crippen molar-refractivity contribution in [2.24, 2.45) is 11.5 Å². The lowest BCUT2D eigenvalue weighted by atomic mass is 9.93. The van der Waals surface area contributed by atoms with Gasteiger partial charge in [0.2, 0.25) is 11.8 Å². The highest BCUT2D eigenvalue weighted by Crippen LogP contribution is 2.28. The molecule has 6 N–H and O–H groups in total. The summed E-state index contributed by atoms with van der Waals surface area (Å²) in [4.78, 5) is 47.1. The number of halogens is 1. The molecule has 0 unspecified atom stereocenters. The number of hydrogen-bond acceptors (Lipinski definition) is 6. The van der Waals surface area contributed by atoms with E-state index in [1.165, 1.54) is 13.2 Å². The number of aromatic amines is 1. The number of nitrogens with one attached hydrogen (secondary N) is 1. The first-order chi connectivity index (χ1) is 20.0. The van der Waals surface area contributed by atoms with Crippen LogP contribution in [0.2, 0.25) is 0 Å². The number of carbonyl (C=O) groups excluding carboxylic acids is 2. The first kappa shape index (κ1) is 32.8. The predicted molar refractivity (Wildman–Crippen MR) is 166 cm³/mol. The number of imidazole rings is 1. The number of primary amides is 1. The van der Waals surface area contributed by atoms with Crippen LogP contribution in [0.3, 0.4) is 0 Å². The number of nitrogens with zero attached hydrogens (tertiary/aromatic N) is 2. The van der Waals surface area contributed by atoms with E-state index in [2.05, 4.69) is 4.98 Å². The molecule has 0 aliphatic carbocycles. The number of aryl methyl sites for hydroxylation is 2.